The molecule has 0 saturated carbocycles. The third kappa shape index (κ3) is 10.9. The number of hydrogen-bond donors (Lipinski definition) is 0. The molecule has 0 saturated heterocycles. The highest BCUT2D eigenvalue weighted by molar-refractivity contribution is 7.26. The number of furan rings is 5. The smallest absolute Gasteiger partial charge is 0.233 e. The van der Waals surface area contributed by atoms with Gasteiger partial charge in [-0.2, -0.15) is 4.98 Å². The Morgan fingerprint density at radius 2 is 0.550 bits per heavy atom. The van der Waals surface area contributed by atoms with Gasteiger partial charge in [-0.1, -0.05) is 237 Å². The van der Waals surface area contributed by atoms with Crippen LogP contribution in [0.5, 0.6) is 0 Å². The average molecular weight is 1670 g/mol. The number of hydrogen-bond acceptors (Lipinski definition) is 12. The Kier molecular flexibility index (Phi) is 15.2. The molecule has 0 unspecified atom stereocenters. The van der Waals surface area contributed by atoms with Crippen molar-refractivity contribution >= 4 is 239 Å². The van der Waals surface area contributed by atoms with E-state index in [4.69, 9.17) is 52.0 Å². The Labute approximate surface area is 733 Å². The number of para-hydroxylation sites is 8. The second-order valence-corrected chi connectivity index (χ2v) is 34.1. The Morgan fingerprint density at radius 3 is 1.08 bits per heavy atom. The Bertz CT molecular complexity index is 9670. The van der Waals surface area contributed by atoms with Gasteiger partial charge in [-0.05, 0) is 178 Å². The summed E-state index contributed by atoms with van der Waals surface area (Å²) in [6, 6.07) is 133. The molecule has 0 atom stereocenters. The number of aromatic nitrogens is 9. The van der Waals surface area contributed by atoms with Crippen molar-refractivity contribution in [3.63, 3.8) is 0 Å². The van der Waals surface area contributed by atoms with Crippen molar-refractivity contribution in [2.24, 2.45) is 0 Å². The minimum atomic E-state index is 0.553. The highest BCUT2D eigenvalue weighted by Crippen LogP contribution is 2.47. The lowest BCUT2D eigenvalue weighted by molar-refractivity contribution is 0.653. The van der Waals surface area contributed by atoms with Crippen LogP contribution in [0.15, 0.2) is 404 Å². The maximum atomic E-state index is 6.54. The molecule has 0 fully saturated rings. The van der Waals surface area contributed by atoms with Crippen LogP contribution in [0.4, 0.5) is 0 Å². The van der Waals surface area contributed by atoms with Gasteiger partial charge in [0, 0.05) is 102 Å². The fourth-order valence-electron chi connectivity index (χ4n) is 19.9. The van der Waals surface area contributed by atoms with Gasteiger partial charge in [-0.25, -0.2) is 24.9 Å². The number of benzene rings is 18. The van der Waals surface area contributed by atoms with Crippen LogP contribution in [0.25, 0.3) is 280 Å². The molecule has 0 amide bonds. The average Bonchev–Trinajstić information content (AvgIpc) is 1.57. The molecule has 0 N–H and O–H groups in total. The lowest BCUT2D eigenvalue weighted by Crippen LogP contribution is -2.02. The van der Waals surface area contributed by atoms with Crippen molar-refractivity contribution in [2.45, 2.75) is 0 Å². The zero-order valence-electron chi connectivity index (χ0n) is 68.3. The van der Waals surface area contributed by atoms with Crippen LogP contribution in [0, 0.1) is 0 Å². The zero-order valence-corrected chi connectivity index (χ0v) is 69.2. The Morgan fingerprint density at radius 1 is 0.202 bits per heavy atom. The molecular formula is C114H63N9O5S. The van der Waals surface area contributed by atoms with Gasteiger partial charge in [0.2, 0.25) is 5.71 Å². The van der Waals surface area contributed by atoms with E-state index in [1.165, 1.54) is 69.3 Å². The molecule has 0 aliphatic rings. The summed E-state index contributed by atoms with van der Waals surface area (Å²) in [7, 11) is 0. The van der Waals surface area contributed by atoms with Crippen molar-refractivity contribution in [2.75, 3.05) is 0 Å². The van der Waals surface area contributed by atoms with Gasteiger partial charge in [-0.15, -0.1) is 11.3 Å². The number of thiophene rings is 1. The topological polar surface area (TPSA) is 158 Å². The van der Waals surface area contributed by atoms with Crippen LogP contribution in [-0.4, -0.2) is 43.6 Å². The third-order valence-corrected chi connectivity index (χ3v) is 26.9. The molecule has 0 radical (unpaired) electrons. The van der Waals surface area contributed by atoms with Gasteiger partial charge in [-0.3, -0.25) is 13.7 Å². The predicted octanol–water partition coefficient (Wildman–Crippen LogP) is 31.0. The largest absolute Gasteiger partial charge is 0.456 e. The molecule has 0 aliphatic carbocycles. The molecule has 600 valence electrons. The van der Waals surface area contributed by atoms with Crippen molar-refractivity contribution in [3.8, 4) is 51.6 Å². The van der Waals surface area contributed by atoms with Gasteiger partial charge in [0.1, 0.15) is 50.2 Å². The van der Waals surface area contributed by atoms with Gasteiger partial charge in [0.25, 0.3) is 0 Å². The van der Waals surface area contributed by atoms with Crippen LogP contribution >= 0.6 is 11.3 Å². The van der Waals surface area contributed by atoms with E-state index in [-0.39, 0.29) is 0 Å². The summed E-state index contributed by atoms with van der Waals surface area (Å²) in [6.45, 7) is 0. The summed E-state index contributed by atoms with van der Waals surface area (Å²) in [5.74, 6) is 4.32. The standard InChI is InChI=1S/2C38H21N3O2.C38H21N3OS/c1-2-10-23-21-31-28(19-22(23)9-1)25-11-3-6-14-30(25)41(31)38-36-35(27-13-5-8-16-33(27)43-36)39-37(40-38)24-17-18-34-29(20-24)26-12-4-7-15-32(26)42-34;1-2-10-23-20-31-29(19-22(23)9-1)25-11-3-6-14-30(25)41(31)37-35-28-13-5-8-16-33(28)43-38(35)40-36(39-37)24-17-18-27-26-12-4-7-15-32(26)42-34(27)21-24;1-2-10-23-21-31-28(19-22(23)9-1)25-11-3-6-14-30(25)41(31)38-36-35(27-13-5-8-16-34(27)43-36)39-37(40-38)24-17-18-33-29(20-24)26-12-4-7-15-32(26)42-33/h3*1-21H. The summed E-state index contributed by atoms with van der Waals surface area (Å²) in [4.78, 5) is 31.4. The van der Waals surface area contributed by atoms with Gasteiger partial charge >= 0.3 is 0 Å². The third-order valence-electron chi connectivity index (χ3n) is 25.8. The fraction of sp³-hybridized carbons (Fsp3) is 0. The van der Waals surface area contributed by atoms with Crippen LogP contribution in [0.1, 0.15) is 0 Å². The highest BCUT2D eigenvalue weighted by atomic mass is 32.1. The first kappa shape index (κ1) is 71.1. The summed E-state index contributed by atoms with van der Waals surface area (Å²) >= 11 is 1.76. The van der Waals surface area contributed by atoms with Crippen molar-refractivity contribution in [3.05, 3.63) is 382 Å². The maximum absolute atomic E-state index is 6.54. The minimum Gasteiger partial charge on any atom is -0.456 e. The first-order valence-electron chi connectivity index (χ1n) is 43.0. The van der Waals surface area contributed by atoms with Crippen LogP contribution in [-0.2, 0) is 0 Å². The molecule has 12 aromatic heterocycles. The normalized spacial score (nSPS) is 12.2. The molecule has 30 aromatic rings. The first-order valence-corrected chi connectivity index (χ1v) is 43.8. The van der Waals surface area contributed by atoms with E-state index in [1.54, 1.807) is 11.3 Å². The van der Waals surface area contributed by atoms with E-state index < -0.39 is 0 Å². The molecule has 12 heterocycles. The summed E-state index contributed by atoms with van der Waals surface area (Å²) < 4.78 is 40.5. The molecule has 0 aliphatic heterocycles. The second-order valence-electron chi connectivity index (χ2n) is 33.1. The molecular weight excluding hydrogens is 1610 g/mol. The molecule has 14 nitrogen and oxygen atoms in total. The summed E-state index contributed by atoms with van der Waals surface area (Å²) in [5.41, 5.74) is 19.0. The lowest BCUT2D eigenvalue weighted by Gasteiger charge is -2.11. The second kappa shape index (κ2) is 27.5. The van der Waals surface area contributed by atoms with Crippen LogP contribution in [0.3, 0.4) is 0 Å². The molecule has 129 heavy (non-hydrogen) atoms. The van der Waals surface area contributed by atoms with Crippen molar-refractivity contribution < 1.29 is 22.1 Å². The fourth-order valence-corrected chi connectivity index (χ4v) is 21.0. The van der Waals surface area contributed by atoms with E-state index in [2.05, 4.69) is 281 Å². The predicted molar refractivity (Wildman–Crippen MR) is 527 cm³/mol. The van der Waals surface area contributed by atoms with E-state index >= 15 is 0 Å². The molecule has 18 aromatic carbocycles. The number of rotatable bonds is 6. The van der Waals surface area contributed by atoms with Crippen LogP contribution < -0.4 is 0 Å². The van der Waals surface area contributed by atoms with Gasteiger partial charge < -0.3 is 22.1 Å². The van der Waals surface area contributed by atoms with Crippen LogP contribution in [0.2, 0.25) is 0 Å². The molecule has 15 heteroatoms. The first-order chi connectivity index (χ1) is 63.9. The highest BCUT2D eigenvalue weighted by Gasteiger charge is 2.28. The minimum absolute atomic E-state index is 0.553. The summed E-state index contributed by atoms with van der Waals surface area (Å²) in [5, 5.41) is 24.7. The van der Waals surface area contributed by atoms with Crippen molar-refractivity contribution in [1.29, 1.82) is 0 Å². The molecule has 0 spiro atoms. The SMILES string of the molecule is c1ccc2cc3c(cc2c1)c1ccccc1n3-c1nc(-c2ccc3c(c2)oc2ccccc23)nc2oc3ccccc3c12.c1ccc2cc3c(cc2c1)c1ccccc1n3-c1nc(-c2ccc3oc4ccccc4c3c2)nc2c1oc1ccccc12.c1ccc2cc3c(cc2c1)c1ccccc1n3-c1nc(-c2ccc3oc4ccccc4c3c2)nc2c1sc1ccccc12. The van der Waals surface area contributed by atoms with E-state index in [0.29, 0.717) is 28.8 Å². The van der Waals surface area contributed by atoms with Crippen molar-refractivity contribution in [1.82, 2.24) is 43.6 Å². The Balaban J connectivity index is 0.0000000976. The number of fused-ring (bicyclic) bond motifs is 30. The van der Waals surface area contributed by atoms with Gasteiger partial charge in [0.15, 0.2) is 40.5 Å². The van der Waals surface area contributed by atoms with E-state index in [1.807, 2.05) is 115 Å². The lowest BCUT2D eigenvalue weighted by atomic mass is 10.1. The molecule has 0 bridgehead atoms. The quantitative estimate of drug-likeness (QED) is 0.156. The maximum Gasteiger partial charge on any atom is 0.233 e. The van der Waals surface area contributed by atoms with E-state index in [0.717, 1.165) is 182 Å². The molecule has 30 rings (SSSR count). The zero-order chi connectivity index (χ0) is 84.2. The summed E-state index contributed by atoms with van der Waals surface area (Å²) in [6.07, 6.45) is 0. The Hall–Kier alpha value is -17.4. The monoisotopic (exact) mass is 1670 g/mol. The number of nitrogens with zero attached hydrogens (tertiary/aromatic N) is 9. The van der Waals surface area contributed by atoms with Gasteiger partial charge in [0.05, 0.1) is 48.7 Å². The van der Waals surface area contributed by atoms with E-state index in [9.17, 15) is 0 Å².